The molecule has 4 rings (SSSR count). The highest BCUT2D eigenvalue weighted by Crippen LogP contribution is 2.28. The summed E-state index contributed by atoms with van der Waals surface area (Å²) in [4.78, 5) is 29.0. The first-order valence-corrected chi connectivity index (χ1v) is 16.6. The number of aliphatic carboxylic acids is 1. The number of halogens is 1. The quantitative estimate of drug-likeness (QED) is 0.127. The normalized spacial score (nSPS) is 13.0. The van der Waals surface area contributed by atoms with Gasteiger partial charge in [0.15, 0.2) is 0 Å². The number of ether oxygens (including phenoxy) is 2. The van der Waals surface area contributed by atoms with Gasteiger partial charge in [-0.15, -0.1) is 16.4 Å². The van der Waals surface area contributed by atoms with Gasteiger partial charge in [0, 0.05) is 24.5 Å². The first-order valence-electron chi connectivity index (χ1n) is 13.0. The van der Waals surface area contributed by atoms with E-state index in [1.807, 2.05) is 6.07 Å². The number of thiazole rings is 1. The molecule has 44 heavy (non-hydrogen) atoms. The molecule has 236 valence electrons. The summed E-state index contributed by atoms with van der Waals surface area (Å²) in [5.74, 6) is -0.484. The molecule has 2 unspecified atom stereocenters. The Hall–Kier alpha value is -3.84. The van der Waals surface area contributed by atoms with E-state index in [2.05, 4.69) is 20.6 Å². The molecule has 1 amide bonds. The Kier molecular flexibility index (Phi) is 11.5. The summed E-state index contributed by atoms with van der Waals surface area (Å²) in [6.07, 6.45) is 1.40. The number of aromatic nitrogens is 4. The fourth-order valence-corrected chi connectivity index (χ4v) is 6.59. The number of benzene rings is 2. The Morgan fingerprint density at radius 1 is 1.18 bits per heavy atom. The lowest BCUT2D eigenvalue weighted by Gasteiger charge is -2.20. The van der Waals surface area contributed by atoms with Crippen LogP contribution >= 0.6 is 23.1 Å². The number of aliphatic hydroxyl groups excluding tert-OH is 1. The molecule has 2 heterocycles. The molecule has 0 saturated heterocycles. The van der Waals surface area contributed by atoms with Gasteiger partial charge < -0.3 is 25.0 Å². The lowest BCUT2D eigenvalue weighted by atomic mass is 10.2. The second-order valence-electron chi connectivity index (χ2n) is 9.26. The first-order chi connectivity index (χ1) is 21.1. The minimum Gasteiger partial charge on any atom is -0.491 e. The fourth-order valence-electron chi connectivity index (χ4n) is 3.91. The molecule has 18 heteroatoms. The number of hydrogen-bond acceptors (Lipinski definition) is 12. The number of nitrogens with two attached hydrogens (primary N) is 1. The van der Waals surface area contributed by atoms with E-state index in [0.717, 1.165) is 16.9 Å². The number of alkyl halides is 1. The average molecular weight is 669 g/mol. The summed E-state index contributed by atoms with van der Waals surface area (Å²) in [6, 6.07) is 9.55. The Bertz CT molecular complexity index is 1700. The van der Waals surface area contributed by atoms with Crippen LogP contribution in [0.25, 0.3) is 10.2 Å². The van der Waals surface area contributed by atoms with Crippen molar-refractivity contribution in [1.82, 2.24) is 25.3 Å². The number of carboxylic acids is 1. The maximum absolute atomic E-state index is 13.1. The molecule has 0 radical (unpaired) electrons. The van der Waals surface area contributed by atoms with Gasteiger partial charge in [-0.2, -0.15) is 11.8 Å². The number of primary sulfonamides is 1. The van der Waals surface area contributed by atoms with Crippen LogP contribution in [0.1, 0.15) is 23.7 Å². The summed E-state index contributed by atoms with van der Waals surface area (Å²) in [7, 11) is -3.94. The average Bonchev–Trinajstić information content (AvgIpc) is 3.64. The predicted molar refractivity (Wildman–Crippen MR) is 160 cm³/mol. The molecule has 0 aliphatic rings. The molecule has 0 bridgehead atoms. The van der Waals surface area contributed by atoms with Crippen LogP contribution in [0.3, 0.4) is 0 Å². The van der Waals surface area contributed by atoms with E-state index in [1.165, 1.54) is 22.6 Å². The number of sulfonamides is 1. The number of thioether (sulfide) groups is 1. The molecule has 0 aliphatic carbocycles. The second kappa shape index (κ2) is 15.2. The van der Waals surface area contributed by atoms with Gasteiger partial charge in [-0.1, -0.05) is 17.3 Å². The SMILES string of the molecule is NS(=O)(=O)c1nc2ccc(OCc3cn(C(CCO)C(=O)NC(CSCc4cccc(OCCF)c4)C(=O)O)nn3)cc2s1. The minimum atomic E-state index is -3.94. The van der Waals surface area contributed by atoms with Crippen molar-refractivity contribution < 1.29 is 42.1 Å². The molecule has 2 aromatic heterocycles. The van der Waals surface area contributed by atoms with Gasteiger partial charge in [-0.3, -0.25) is 4.79 Å². The number of nitrogens with one attached hydrogen (secondary N) is 1. The number of hydrogen-bond donors (Lipinski definition) is 4. The van der Waals surface area contributed by atoms with Crippen molar-refractivity contribution in [1.29, 1.82) is 0 Å². The highest BCUT2D eigenvalue weighted by Gasteiger charge is 2.27. The van der Waals surface area contributed by atoms with Gasteiger partial charge in [0.1, 0.15) is 49.2 Å². The van der Waals surface area contributed by atoms with Crippen LogP contribution in [0, 0.1) is 0 Å². The number of rotatable bonds is 17. The topological polar surface area (TPSA) is 209 Å². The molecular formula is C26H29FN6O8S3. The lowest BCUT2D eigenvalue weighted by Crippen LogP contribution is -2.46. The van der Waals surface area contributed by atoms with Crippen LogP contribution in [-0.4, -0.2) is 82.2 Å². The zero-order valence-corrected chi connectivity index (χ0v) is 25.5. The van der Waals surface area contributed by atoms with Gasteiger partial charge in [-0.25, -0.2) is 32.4 Å². The zero-order valence-electron chi connectivity index (χ0n) is 23.0. The summed E-state index contributed by atoms with van der Waals surface area (Å²) in [5, 5.41) is 34.9. The molecule has 5 N–H and O–H groups in total. The van der Waals surface area contributed by atoms with Gasteiger partial charge in [0.25, 0.3) is 10.0 Å². The number of carbonyl (C=O) groups excluding carboxylic acids is 1. The van der Waals surface area contributed by atoms with Crippen LogP contribution in [-0.2, 0) is 32.0 Å². The molecule has 0 saturated carbocycles. The number of carboxylic acid groups (broad SMARTS) is 1. The summed E-state index contributed by atoms with van der Waals surface area (Å²) < 4.78 is 48.1. The minimum absolute atomic E-state index is 0.0466. The predicted octanol–water partition coefficient (Wildman–Crippen LogP) is 1.89. The zero-order chi connectivity index (χ0) is 31.7. The van der Waals surface area contributed by atoms with Crippen LogP contribution in [0.2, 0.25) is 0 Å². The van der Waals surface area contributed by atoms with E-state index in [4.69, 9.17) is 14.6 Å². The Morgan fingerprint density at radius 3 is 2.70 bits per heavy atom. The van der Waals surface area contributed by atoms with Crippen molar-refractivity contribution in [2.24, 2.45) is 5.14 Å². The fraction of sp³-hybridized carbons (Fsp3) is 0.346. The van der Waals surface area contributed by atoms with Crippen molar-refractivity contribution in [3.63, 3.8) is 0 Å². The first kappa shape index (κ1) is 33.1. The third-order valence-electron chi connectivity index (χ3n) is 5.96. The van der Waals surface area contributed by atoms with Gasteiger partial charge >= 0.3 is 5.97 Å². The summed E-state index contributed by atoms with van der Waals surface area (Å²) >= 11 is 2.19. The number of aliphatic hydroxyl groups is 1. The highest BCUT2D eigenvalue weighted by molar-refractivity contribution is 7.98. The van der Waals surface area contributed by atoms with Gasteiger partial charge in [-0.05, 0) is 35.9 Å². The van der Waals surface area contributed by atoms with E-state index >= 15 is 0 Å². The summed E-state index contributed by atoms with van der Waals surface area (Å²) in [5.41, 5.74) is 1.64. The van der Waals surface area contributed by atoms with Crippen molar-refractivity contribution in [2.75, 3.05) is 25.6 Å². The van der Waals surface area contributed by atoms with E-state index in [0.29, 0.717) is 33.2 Å². The molecule has 2 aromatic carbocycles. The monoisotopic (exact) mass is 668 g/mol. The van der Waals surface area contributed by atoms with Crippen LogP contribution in [0.15, 0.2) is 53.0 Å². The van der Waals surface area contributed by atoms with E-state index in [9.17, 15) is 32.6 Å². The number of carbonyl (C=O) groups is 2. The Morgan fingerprint density at radius 2 is 1.98 bits per heavy atom. The number of nitrogens with zero attached hydrogens (tertiary/aromatic N) is 4. The molecule has 0 spiro atoms. The Balaban J connectivity index is 1.34. The van der Waals surface area contributed by atoms with Gasteiger partial charge in [0.2, 0.25) is 10.2 Å². The van der Waals surface area contributed by atoms with E-state index < -0.39 is 40.7 Å². The number of amides is 1. The van der Waals surface area contributed by atoms with Crippen molar-refractivity contribution in [2.45, 2.75) is 35.2 Å². The molecular weight excluding hydrogens is 640 g/mol. The Labute approximate surface area is 259 Å². The van der Waals surface area contributed by atoms with Crippen LogP contribution in [0.4, 0.5) is 4.39 Å². The van der Waals surface area contributed by atoms with Crippen molar-refractivity contribution >= 4 is 55.2 Å². The smallest absolute Gasteiger partial charge is 0.327 e. The number of fused-ring (bicyclic) bond motifs is 1. The molecule has 14 nitrogen and oxygen atoms in total. The third kappa shape index (κ3) is 9.08. The van der Waals surface area contributed by atoms with Crippen molar-refractivity contribution in [3.05, 3.63) is 59.9 Å². The maximum atomic E-state index is 13.1. The molecule has 4 aromatic rings. The summed E-state index contributed by atoms with van der Waals surface area (Å²) in [6.45, 7) is -1.09. The molecule has 2 atom stereocenters. The largest absolute Gasteiger partial charge is 0.491 e. The van der Waals surface area contributed by atoms with E-state index in [-0.39, 0.29) is 36.3 Å². The van der Waals surface area contributed by atoms with Crippen LogP contribution in [0.5, 0.6) is 11.5 Å². The molecule has 0 fully saturated rings. The van der Waals surface area contributed by atoms with Crippen LogP contribution < -0.4 is 19.9 Å². The lowest BCUT2D eigenvalue weighted by molar-refractivity contribution is -0.141. The van der Waals surface area contributed by atoms with Crippen molar-refractivity contribution in [3.8, 4) is 11.5 Å². The standard InChI is InChI=1S/C26H29FN6O8S3/c27-7-9-40-18-3-1-2-16(10-18)14-42-15-21(25(36)37)29-24(35)22(6-8-34)33-12-17(31-32-33)13-41-19-4-5-20-23(11-19)43-26(30-20)44(28,38)39/h1-5,10-12,21-22,34H,6-9,13-15H2,(H,29,35)(H,36,37)(H2,28,38,39). The third-order valence-corrected chi connectivity index (χ3v) is 9.41. The maximum Gasteiger partial charge on any atom is 0.327 e. The van der Waals surface area contributed by atoms with Gasteiger partial charge in [0.05, 0.1) is 16.4 Å². The van der Waals surface area contributed by atoms with E-state index in [1.54, 1.807) is 36.4 Å². The molecule has 0 aliphatic heterocycles. The highest BCUT2D eigenvalue weighted by atomic mass is 32.2. The second-order valence-corrected chi connectivity index (χ2v) is 13.1.